The average molecular weight is 331 g/mol. The quantitative estimate of drug-likeness (QED) is 0.826. The summed E-state index contributed by atoms with van der Waals surface area (Å²) in [5.41, 5.74) is 0.181. The molecule has 0 aromatic heterocycles. The minimum atomic E-state index is -4.03. The van der Waals surface area contributed by atoms with E-state index in [9.17, 15) is 18.3 Å². The van der Waals surface area contributed by atoms with Gasteiger partial charge in [-0.3, -0.25) is 4.79 Å². The maximum Gasteiger partial charge on any atom is 0.270 e. The molecule has 0 fully saturated rings. The number of sulfonamides is 1. The Morgan fingerprint density at radius 1 is 1.09 bits per heavy atom. The van der Waals surface area contributed by atoms with E-state index in [4.69, 9.17) is 0 Å². The topological polar surface area (TPSA) is 74.7 Å². The second-order valence-electron chi connectivity index (χ2n) is 4.82. The van der Waals surface area contributed by atoms with Crippen LogP contribution in [0.1, 0.15) is 12.8 Å². The lowest BCUT2D eigenvalue weighted by molar-refractivity contribution is -0.117. The van der Waals surface area contributed by atoms with E-state index in [2.05, 4.69) is 6.58 Å². The van der Waals surface area contributed by atoms with Crippen molar-refractivity contribution in [2.75, 3.05) is 4.31 Å². The third-order valence-corrected chi connectivity index (χ3v) is 4.92. The van der Waals surface area contributed by atoms with Crippen molar-refractivity contribution >= 4 is 21.6 Å². The first-order chi connectivity index (χ1) is 11.0. The van der Waals surface area contributed by atoms with Gasteiger partial charge in [0.05, 0.1) is 10.6 Å². The molecular formula is C17H17NO4S. The minimum absolute atomic E-state index is 0.00986. The van der Waals surface area contributed by atoms with E-state index in [1.54, 1.807) is 24.3 Å². The molecule has 5 nitrogen and oxygen atoms in total. The number of benzene rings is 2. The molecule has 0 aliphatic rings. The van der Waals surface area contributed by atoms with E-state index in [-0.39, 0.29) is 22.8 Å². The molecule has 1 N–H and O–H groups in total. The highest BCUT2D eigenvalue weighted by molar-refractivity contribution is 7.93. The second kappa shape index (κ2) is 7.11. The van der Waals surface area contributed by atoms with E-state index >= 15 is 0 Å². The highest BCUT2D eigenvalue weighted by atomic mass is 32.2. The normalized spacial score (nSPS) is 11.0. The Balaban J connectivity index is 2.51. The zero-order chi connectivity index (χ0) is 16.9. The van der Waals surface area contributed by atoms with Gasteiger partial charge in [0.2, 0.25) is 5.91 Å². The number of carbonyl (C=O) groups excluding carboxylic acids is 1. The Kier molecular flexibility index (Phi) is 5.18. The lowest BCUT2D eigenvalue weighted by Gasteiger charge is -2.22. The SMILES string of the molecule is C=CCCC(=O)N(c1ccc(O)cc1)S(=O)(=O)c1ccccc1. The first-order valence-electron chi connectivity index (χ1n) is 7.00. The van der Waals surface area contributed by atoms with Crippen LogP contribution in [0.2, 0.25) is 0 Å². The summed E-state index contributed by atoms with van der Waals surface area (Å²) in [6.45, 7) is 3.54. The molecular weight excluding hydrogens is 314 g/mol. The summed E-state index contributed by atoms with van der Waals surface area (Å²) in [4.78, 5) is 12.5. The number of allylic oxidation sites excluding steroid dienone is 1. The standard InChI is InChI=1S/C17H17NO4S/c1-2-3-9-17(20)18(14-10-12-15(19)13-11-14)23(21,22)16-7-5-4-6-8-16/h2,4-8,10-13,19H,1,3,9H2. The summed E-state index contributed by atoms with van der Waals surface area (Å²) >= 11 is 0. The van der Waals surface area contributed by atoms with Crippen LogP contribution in [0.3, 0.4) is 0 Å². The molecule has 0 atom stereocenters. The summed E-state index contributed by atoms with van der Waals surface area (Å²) < 4.78 is 26.4. The molecule has 6 heteroatoms. The fraction of sp³-hybridized carbons (Fsp3) is 0.118. The van der Waals surface area contributed by atoms with Crippen molar-refractivity contribution < 1.29 is 18.3 Å². The predicted octanol–water partition coefficient (Wildman–Crippen LogP) is 3.08. The van der Waals surface area contributed by atoms with E-state index in [1.165, 1.54) is 36.4 Å². The number of rotatable bonds is 6. The van der Waals surface area contributed by atoms with E-state index in [0.717, 1.165) is 4.31 Å². The number of carbonyl (C=O) groups is 1. The van der Waals surface area contributed by atoms with E-state index < -0.39 is 15.9 Å². The number of phenolic OH excluding ortho intramolecular Hbond substituents is 1. The smallest absolute Gasteiger partial charge is 0.270 e. The van der Waals surface area contributed by atoms with Crippen LogP contribution in [-0.4, -0.2) is 19.4 Å². The zero-order valence-corrected chi connectivity index (χ0v) is 13.2. The van der Waals surface area contributed by atoms with Gasteiger partial charge in [0.15, 0.2) is 0 Å². The van der Waals surface area contributed by atoms with Crippen molar-refractivity contribution in [1.29, 1.82) is 0 Å². The van der Waals surface area contributed by atoms with Gasteiger partial charge in [-0.1, -0.05) is 24.3 Å². The lowest BCUT2D eigenvalue weighted by atomic mass is 10.2. The molecule has 2 aromatic carbocycles. The Bertz CT molecular complexity index is 783. The van der Waals surface area contributed by atoms with Gasteiger partial charge in [0.1, 0.15) is 5.75 Å². The van der Waals surface area contributed by atoms with Gasteiger partial charge < -0.3 is 5.11 Å². The van der Waals surface area contributed by atoms with Crippen LogP contribution in [0.25, 0.3) is 0 Å². The molecule has 0 saturated heterocycles. The zero-order valence-electron chi connectivity index (χ0n) is 12.4. The van der Waals surface area contributed by atoms with Crippen molar-refractivity contribution in [3.63, 3.8) is 0 Å². The van der Waals surface area contributed by atoms with Crippen LogP contribution in [0.15, 0.2) is 72.1 Å². The molecule has 0 saturated carbocycles. The highest BCUT2D eigenvalue weighted by Gasteiger charge is 2.30. The van der Waals surface area contributed by atoms with Gasteiger partial charge >= 0.3 is 0 Å². The lowest BCUT2D eigenvalue weighted by Crippen LogP contribution is -2.36. The molecule has 2 aromatic rings. The van der Waals surface area contributed by atoms with Crippen LogP contribution in [0.5, 0.6) is 5.75 Å². The molecule has 0 heterocycles. The van der Waals surface area contributed by atoms with Crippen molar-refractivity contribution in [3.8, 4) is 5.75 Å². The molecule has 0 spiro atoms. The second-order valence-corrected chi connectivity index (χ2v) is 6.61. The monoisotopic (exact) mass is 331 g/mol. The Hall–Kier alpha value is -2.60. The van der Waals surface area contributed by atoms with Gasteiger partial charge in [-0.15, -0.1) is 6.58 Å². The number of hydrogen-bond acceptors (Lipinski definition) is 4. The molecule has 120 valence electrons. The van der Waals surface area contributed by atoms with Gasteiger partial charge in [0.25, 0.3) is 10.0 Å². The molecule has 23 heavy (non-hydrogen) atoms. The number of hydrogen-bond donors (Lipinski definition) is 1. The number of phenols is 1. The summed E-state index contributed by atoms with van der Waals surface area (Å²) in [6, 6.07) is 13.2. The van der Waals surface area contributed by atoms with Crippen molar-refractivity contribution in [2.45, 2.75) is 17.7 Å². The van der Waals surface area contributed by atoms with Crippen molar-refractivity contribution in [2.24, 2.45) is 0 Å². The van der Waals surface area contributed by atoms with Crippen LogP contribution in [0, 0.1) is 0 Å². The third kappa shape index (κ3) is 3.78. The number of amides is 1. The Labute approximate surface area is 135 Å². The van der Waals surface area contributed by atoms with Gasteiger partial charge in [0, 0.05) is 6.42 Å². The summed E-state index contributed by atoms with van der Waals surface area (Å²) in [5.74, 6) is -0.566. The molecule has 0 bridgehead atoms. The summed E-state index contributed by atoms with van der Waals surface area (Å²) in [5, 5.41) is 9.37. The van der Waals surface area contributed by atoms with E-state index in [0.29, 0.717) is 6.42 Å². The number of anilines is 1. The summed E-state index contributed by atoms with van der Waals surface area (Å²) in [6.07, 6.45) is 1.95. The van der Waals surface area contributed by atoms with Gasteiger partial charge in [-0.25, -0.2) is 12.7 Å². The molecule has 2 rings (SSSR count). The largest absolute Gasteiger partial charge is 0.508 e. The van der Waals surface area contributed by atoms with Crippen LogP contribution >= 0.6 is 0 Å². The van der Waals surface area contributed by atoms with Crippen molar-refractivity contribution in [3.05, 3.63) is 67.3 Å². The molecule has 0 radical (unpaired) electrons. The predicted molar refractivity (Wildman–Crippen MR) is 88.7 cm³/mol. The number of aromatic hydroxyl groups is 1. The molecule has 0 aliphatic heterocycles. The van der Waals surface area contributed by atoms with E-state index in [1.807, 2.05) is 0 Å². The highest BCUT2D eigenvalue weighted by Crippen LogP contribution is 2.26. The maximum absolute atomic E-state index is 12.8. The third-order valence-electron chi connectivity index (χ3n) is 3.15. The van der Waals surface area contributed by atoms with Crippen LogP contribution in [-0.2, 0) is 14.8 Å². The first-order valence-corrected chi connectivity index (χ1v) is 8.44. The van der Waals surface area contributed by atoms with Gasteiger partial charge in [-0.2, -0.15) is 0 Å². The summed E-state index contributed by atoms with van der Waals surface area (Å²) in [7, 11) is -4.03. The number of nitrogens with zero attached hydrogens (tertiary/aromatic N) is 1. The van der Waals surface area contributed by atoms with Crippen LogP contribution in [0.4, 0.5) is 5.69 Å². The van der Waals surface area contributed by atoms with Gasteiger partial charge in [-0.05, 0) is 42.8 Å². The fourth-order valence-corrected chi connectivity index (χ4v) is 3.50. The fourth-order valence-electron chi connectivity index (χ4n) is 2.03. The Morgan fingerprint density at radius 3 is 2.26 bits per heavy atom. The molecule has 0 aliphatic carbocycles. The maximum atomic E-state index is 12.8. The molecule has 1 amide bonds. The first kappa shape index (κ1) is 16.8. The van der Waals surface area contributed by atoms with Crippen molar-refractivity contribution in [1.82, 2.24) is 0 Å². The van der Waals surface area contributed by atoms with Crippen LogP contribution < -0.4 is 4.31 Å². The minimum Gasteiger partial charge on any atom is -0.508 e. The Morgan fingerprint density at radius 2 is 1.70 bits per heavy atom. The molecule has 0 unspecified atom stereocenters. The average Bonchev–Trinajstić information content (AvgIpc) is 2.55.